The number of nitrogens with zero attached hydrogens (tertiary/aromatic N) is 2. The van der Waals surface area contributed by atoms with Crippen molar-refractivity contribution in [2.45, 2.75) is 0 Å². The molecular weight excluding hydrogens is 235 g/mol. The van der Waals surface area contributed by atoms with Crippen molar-refractivity contribution in [2.75, 3.05) is 0 Å². The van der Waals surface area contributed by atoms with E-state index in [1.165, 1.54) is 16.9 Å². The van der Waals surface area contributed by atoms with Crippen LogP contribution in [0, 0.1) is 5.95 Å². The highest BCUT2D eigenvalue weighted by Crippen LogP contribution is 2.14. The predicted molar refractivity (Wildman–Crippen MR) is 51.2 cm³/mol. The summed E-state index contributed by atoms with van der Waals surface area (Å²) in [5.74, 6) is -0.359. The molecule has 66 valence electrons. The zero-order chi connectivity index (χ0) is 9.26. The van der Waals surface area contributed by atoms with Crippen molar-refractivity contribution in [3.8, 4) is 5.69 Å². The maximum absolute atomic E-state index is 13.0. The van der Waals surface area contributed by atoms with Crippen LogP contribution in [0.1, 0.15) is 0 Å². The third-order valence-electron chi connectivity index (χ3n) is 1.67. The van der Waals surface area contributed by atoms with Gasteiger partial charge in [0.25, 0.3) is 0 Å². The largest absolute Gasteiger partial charge is 0.216 e. The van der Waals surface area contributed by atoms with E-state index in [4.69, 9.17) is 0 Å². The van der Waals surface area contributed by atoms with Crippen LogP contribution in [0.15, 0.2) is 41.0 Å². The number of halogens is 2. The summed E-state index contributed by atoms with van der Waals surface area (Å²) in [4.78, 5) is 0. The quantitative estimate of drug-likeness (QED) is 0.750. The van der Waals surface area contributed by atoms with E-state index in [-0.39, 0.29) is 5.95 Å². The number of benzene rings is 1. The Morgan fingerprint density at radius 1 is 1.15 bits per heavy atom. The topological polar surface area (TPSA) is 17.8 Å². The van der Waals surface area contributed by atoms with Crippen molar-refractivity contribution < 1.29 is 4.39 Å². The minimum Gasteiger partial charge on any atom is -0.207 e. The Bertz CT molecular complexity index is 408. The van der Waals surface area contributed by atoms with E-state index in [1.807, 2.05) is 12.1 Å². The van der Waals surface area contributed by atoms with Crippen molar-refractivity contribution in [2.24, 2.45) is 0 Å². The molecule has 0 saturated heterocycles. The molecule has 0 aliphatic carbocycles. The molecule has 0 amide bonds. The number of aromatic nitrogens is 2. The van der Waals surface area contributed by atoms with Gasteiger partial charge in [-0.1, -0.05) is 15.9 Å². The normalized spacial score (nSPS) is 10.3. The van der Waals surface area contributed by atoms with E-state index >= 15 is 0 Å². The van der Waals surface area contributed by atoms with Crippen LogP contribution < -0.4 is 0 Å². The molecule has 0 aliphatic rings. The lowest BCUT2D eigenvalue weighted by Gasteiger charge is -2.00. The van der Waals surface area contributed by atoms with Crippen LogP contribution in [0.2, 0.25) is 0 Å². The lowest BCUT2D eigenvalue weighted by molar-refractivity contribution is 0.537. The molecule has 0 N–H and O–H groups in total. The molecular formula is C9H6BrFN2. The summed E-state index contributed by atoms with van der Waals surface area (Å²) in [6.07, 6.45) is 1.43. The Hall–Kier alpha value is -1.16. The number of hydrogen-bond donors (Lipinski definition) is 0. The van der Waals surface area contributed by atoms with Gasteiger partial charge in [0, 0.05) is 10.5 Å². The molecule has 1 aromatic carbocycles. The van der Waals surface area contributed by atoms with Crippen LogP contribution in [-0.2, 0) is 0 Å². The third-order valence-corrected chi connectivity index (χ3v) is 2.20. The summed E-state index contributed by atoms with van der Waals surface area (Å²) < 4.78 is 15.2. The van der Waals surface area contributed by atoms with Gasteiger partial charge in [0.05, 0.1) is 11.9 Å². The van der Waals surface area contributed by atoms with Gasteiger partial charge >= 0.3 is 0 Å². The predicted octanol–water partition coefficient (Wildman–Crippen LogP) is 2.77. The van der Waals surface area contributed by atoms with Crippen molar-refractivity contribution in [1.82, 2.24) is 9.78 Å². The van der Waals surface area contributed by atoms with Gasteiger partial charge in [-0.3, -0.25) is 0 Å². The average molecular weight is 241 g/mol. The molecule has 0 spiro atoms. The van der Waals surface area contributed by atoms with Crippen LogP contribution in [0.4, 0.5) is 4.39 Å². The van der Waals surface area contributed by atoms with Gasteiger partial charge in [-0.25, -0.2) is 4.68 Å². The van der Waals surface area contributed by atoms with Gasteiger partial charge in [-0.05, 0) is 24.3 Å². The zero-order valence-electron chi connectivity index (χ0n) is 6.61. The highest BCUT2D eigenvalue weighted by Gasteiger charge is 2.02. The SMILES string of the molecule is Fc1ccnn1-c1ccc(Br)cc1. The Morgan fingerprint density at radius 3 is 2.38 bits per heavy atom. The van der Waals surface area contributed by atoms with Crippen molar-refractivity contribution in [1.29, 1.82) is 0 Å². The molecule has 0 radical (unpaired) electrons. The molecule has 0 unspecified atom stereocenters. The lowest BCUT2D eigenvalue weighted by Crippen LogP contribution is -1.98. The molecule has 2 rings (SSSR count). The summed E-state index contributed by atoms with van der Waals surface area (Å²) in [5, 5.41) is 3.84. The van der Waals surface area contributed by atoms with Crippen LogP contribution >= 0.6 is 15.9 Å². The molecule has 13 heavy (non-hydrogen) atoms. The summed E-state index contributed by atoms with van der Waals surface area (Å²) >= 11 is 3.30. The summed E-state index contributed by atoms with van der Waals surface area (Å²) in [7, 11) is 0. The molecule has 1 heterocycles. The molecule has 2 aromatic rings. The van der Waals surface area contributed by atoms with Crippen LogP contribution in [0.5, 0.6) is 0 Å². The van der Waals surface area contributed by atoms with Gasteiger partial charge in [0.2, 0.25) is 5.95 Å². The molecule has 0 aliphatic heterocycles. The number of rotatable bonds is 1. The fourth-order valence-electron chi connectivity index (χ4n) is 1.06. The highest BCUT2D eigenvalue weighted by atomic mass is 79.9. The maximum atomic E-state index is 13.0. The maximum Gasteiger partial charge on any atom is 0.216 e. The van der Waals surface area contributed by atoms with Crippen LogP contribution in [0.25, 0.3) is 5.69 Å². The first-order chi connectivity index (χ1) is 6.27. The highest BCUT2D eigenvalue weighted by molar-refractivity contribution is 9.10. The van der Waals surface area contributed by atoms with E-state index in [2.05, 4.69) is 21.0 Å². The fraction of sp³-hybridized carbons (Fsp3) is 0. The zero-order valence-corrected chi connectivity index (χ0v) is 8.20. The second kappa shape index (κ2) is 3.30. The minimum absolute atomic E-state index is 0.359. The van der Waals surface area contributed by atoms with Gasteiger partial charge in [-0.2, -0.15) is 9.49 Å². The Kier molecular flexibility index (Phi) is 2.14. The summed E-state index contributed by atoms with van der Waals surface area (Å²) in [6.45, 7) is 0. The van der Waals surface area contributed by atoms with E-state index in [9.17, 15) is 4.39 Å². The van der Waals surface area contributed by atoms with E-state index < -0.39 is 0 Å². The van der Waals surface area contributed by atoms with Crippen LogP contribution in [-0.4, -0.2) is 9.78 Å². The van der Waals surface area contributed by atoms with Crippen molar-refractivity contribution >= 4 is 15.9 Å². The first kappa shape index (κ1) is 8.44. The Labute approximate surface area is 83.1 Å². The summed E-state index contributed by atoms with van der Waals surface area (Å²) in [6, 6.07) is 8.59. The second-order valence-corrected chi connectivity index (χ2v) is 3.46. The molecule has 0 atom stereocenters. The van der Waals surface area contributed by atoms with Crippen molar-refractivity contribution in [3.05, 3.63) is 46.9 Å². The fourth-order valence-corrected chi connectivity index (χ4v) is 1.32. The van der Waals surface area contributed by atoms with Gasteiger partial charge in [-0.15, -0.1) is 0 Å². The van der Waals surface area contributed by atoms with E-state index in [1.54, 1.807) is 12.1 Å². The van der Waals surface area contributed by atoms with Gasteiger partial charge in [0.15, 0.2) is 0 Å². The third kappa shape index (κ3) is 1.62. The molecule has 1 aromatic heterocycles. The average Bonchev–Trinajstić information content (AvgIpc) is 2.53. The molecule has 0 bridgehead atoms. The van der Waals surface area contributed by atoms with Gasteiger partial charge in [0.1, 0.15) is 0 Å². The number of hydrogen-bond acceptors (Lipinski definition) is 1. The summed E-state index contributed by atoms with van der Waals surface area (Å²) in [5.41, 5.74) is 0.714. The smallest absolute Gasteiger partial charge is 0.207 e. The van der Waals surface area contributed by atoms with E-state index in [0.717, 1.165) is 4.47 Å². The lowest BCUT2D eigenvalue weighted by atomic mass is 10.3. The Morgan fingerprint density at radius 2 is 1.85 bits per heavy atom. The Balaban J connectivity index is 2.47. The molecule has 2 nitrogen and oxygen atoms in total. The van der Waals surface area contributed by atoms with Crippen molar-refractivity contribution in [3.63, 3.8) is 0 Å². The monoisotopic (exact) mass is 240 g/mol. The minimum atomic E-state index is -0.359. The van der Waals surface area contributed by atoms with Crippen LogP contribution in [0.3, 0.4) is 0 Å². The second-order valence-electron chi connectivity index (χ2n) is 2.54. The molecule has 0 saturated carbocycles. The van der Waals surface area contributed by atoms with Gasteiger partial charge < -0.3 is 0 Å². The molecule has 0 fully saturated rings. The van der Waals surface area contributed by atoms with E-state index in [0.29, 0.717) is 5.69 Å². The first-order valence-electron chi connectivity index (χ1n) is 3.73. The molecule has 4 heteroatoms. The standard InChI is InChI=1S/C9H6BrFN2/c10-7-1-3-8(4-2-7)13-9(11)5-6-12-13/h1-6H. The first-order valence-corrected chi connectivity index (χ1v) is 4.52.